The zero-order chi connectivity index (χ0) is 9.31. The number of aliphatic hydroxyl groups is 1. The molecule has 0 saturated carbocycles. The van der Waals surface area contributed by atoms with Crippen LogP contribution in [0.25, 0.3) is 0 Å². The zero-order valence-corrected chi connectivity index (χ0v) is 9.33. The van der Waals surface area contributed by atoms with Crippen LogP contribution in [0.15, 0.2) is 17.5 Å². The van der Waals surface area contributed by atoms with Crippen LogP contribution in [-0.2, 0) is 6.42 Å². The van der Waals surface area contributed by atoms with E-state index < -0.39 is 5.60 Å². The lowest BCUT2D eigenvalue weighted by Crippen LogP contribution is -2.31. The van der Waals surface area contributed by atoms with Gasteiger partial charge in [-0.3, -0.25) is 0 Å². The van der Waals surface area contributed by atoms with Gasteiger partial charge in [-0.15, -0.1) is 11.3 Å². The molecule has 0 radical (unpaired) electrons. The smallest absolute Gasteiger partial charge is 0.0796 e. The molecule has 1 nitrogen and oxygen atoms in total. The molecule has 1 N–H and O–H groups in total. The van der Waals surface area contributed by atoms with Gasteiger partial charge < -0.3 is 5.11 Å². The van der Waals surface area contributed by atoms with Crippen molar-refractivity contribution in [3.8, 4) is 0 Å². The lowest BCUT2D eigenvalue weighted by atomic mass is 9.96. The molecule has 3 heteroatoms. The first-order valence-electron chi connectivity index (χ1n) is 4.54. The molecule has 1 fully saturated rings. The Kier molecular flexibility index (Phi) is 2.67. The highest BCUT2D eigenvalue weighted by atomic mass is 32.2. The zero-order valence-electron chi connectivity index (χ0n) is 7.69. The van der Waals surface area contributed by atoms with Crippen LogP contribution in [0.1, 0.15) is 18.2 Å². The second kappa shape index (κ2) is 3.64. The monoisotopic (exact) mass is 214 g/mol. The molecule has 2 rings (SSSR count). The summed E-state index contributed by atoms with van der Waals surface area (Å²) in [4.78, 5) is 1.30. The third-order valence-corrected chi connectivity index (χ3v) is 4.70. The second-order valence-electron chi connectivity index (χ2n) is 3.81. The van der Waals surface area contributed by atoms with Crippen molar-refractivity contribution >= 4 is 23.1 Å². The molecule has 2 atom stereocenters. The van der Waals surface area contributed by atoms with Crippen molar-refractivity contribution in [1.29, 1.82) is 0 Å². The average Bonchev–Trinajstić information content (AvgIpc) is 2.62. The van der Waals surface area contributed by atoms with Crippen molar-refractivity contribution in [2.75, 3.05) is 5.75 Å². The first-order chi connectivity index (χ1) is 6.18. The predicted octanol–water partition coefficient (Wildman–Crippen LogP) is 2.55. The van der Waals surface area contributed by atoms with Gasteiger partial charge in [0.2, 0.25) is 0 Å². The van der Waals surface area contributed by atoms with Gasteiger partial charge in [0.1, 0.15) is 0 Å². The van der Waals surface area contributed by atoms with Crippen LogP contribution in [-0.4, -0.2) is 21.7 Å². The van der Waals surface area contributed by atoms with Crippen LogP contribution in [0.5, 0.6) is 0 Å². The summed E-state index contributed by atoms with van der Waals surface area (Å²) < 4.78 is 0. The molecule has 1 saturated heterocycles. The van der Waals surface area contributed by atoms with Crippen molar-refractivity contribution in [1.82, 2.24) is 0 Å². The molecular weight excluding hydrogens is 200 g/mol. The Labute approximate surface area is 87.2 Å². The summed E-state index contributed by atoms with van der Waals surface area (Å²) in [5.74, 6) is 0.895. The average molecular weight is 214 g/mol. The van der Waals surface area contributed by atoms with Crippen molar-refractivity contribution in [2.45, 2.75) is 30.6 Å². The van der Waals surface area contributed by atoms with E-state index in [2.05, 4.69) is 24.4 Å². The molecule has 0 aliphatic carbocycles. The van der Waals surface area contributed by atoms with Gasteiger partial charge in [-0.05, 0) is 17.9 Å². The first kappa shape index (κ1) is 9.56. The third kappa shape index (κ3) is 2.27. The van der Waals surface area contributed by atoms with Crippen molar-refractivity contribution < 1.29 is 5.11 Å². The minimum absolute atomic E-state index is 0.436. The Hall–Kier alpha value is 0.01000. The summed E-state index contributed by atoms with van der Waals surface area (Å²) in [5.41, 5.74) is -0.436. The maximum atomic E-state index is 10.2. The van der Waals surface area contributed by atoms with Gasteiger partial charge in [0.05, 0.1) is 5.60 Å². The first-order valence-corrected chi connectivity index (χ1v) is 6.47. The van der Waals surface area contributed by atoms with E-state index in [0.29, 0.717) is 5.25 Å². The van der Waals surface area contributed by atoms with E-state index in [4.69, 9.17) is 0 Å². The fourth-order valence-corrected chi connectivity index (χ4v) is 3.89. The van der Waals surface area contributed by atoms with E-state index in [0.717, 1.165) is 18.6 Å². The number of hydrogen-bond donors (Lipinski definition) is 1. The van der Waals surface area contributed by atoms with Crippen LogP contribution >= 0.6 is 23.1 Å². The SMILES string of the molecule is CC1CC(O)(Cc2cccs2)CS1. The van der Waals surface area contributed by atoms with Gasteiger partial charge in [-0.25, -0.2) is 0 Å². The molecule has 0 amide bonds. The van der Waals surface area contributed by atoms with Crippen LogP contribution in [0.3, 0.4) is 0 Å². The van der Waals surface area contributed by atoms with Gasteiger partial charge in [0, 0.05) is 22.3 Å². The fourth-order valence-electron chi connectivity index (χ4n) is 1.81. The van der Waals surface area contributed by atoms with Crippen LogP contribution < -0.4 is 0 Å². The number of thioether (sulfide) groups is 1. The Balaban J connectivity index is 2.01. The molecule has 0 spiro atoms. The van der Waals surface area contributed by atoms with Crippen molar-refractivity contribution in [3.63, 3.8) is 0 Å². The molecular formula is C10H14OS2. The molecule has 2 unspecified atom stereocenters. The molecule has 1 aromatic heterocycles. The predicted molar refractivity (Wildman–Crippen MR) is 59.5 cm³/mol. The summed E-state index contributed by atoms with van der Waals surface area (Å²) in [5, 5.41) is 12.9. The molecule has 72 valence electrons. The number of thiophene rings is 1. The molecule has 0 aromatic carbocycles. The van der Waals surface area contributed by atoms with E-state index in [1.807, 2.05) is 11.8 Å². The van der Waals surface area contributed by atoms with Crippen LogP contribution in [0, 0.1) is 0 Å². The van der Waals surface area contributed by atoms with Gasteiger partial charge in [0.15, 0.2) is 0 Å². The summed E-state index contributed by atoms with van der Waals surface area (Å²) in [6.45, 7) is 2.19. The van der Waals surface area contributed by atoms with Crippen molar-refractivity contribution in [3.05, 3.63) is 22.4 Å². The summed E-state index contributed by atoms with van der Waals surface area (Å²) in [6.07, 6.45) is 1.78. The van der Waals surface area contributed by atoms with E-state index in [1.54, 1.807) is 11.3 Å². The molecule has 2 heterocycles. The van der Waals surface area contributed by atoms with E-state index in [9.17, 15) is 5.11 Å². The summed E-state index contributed by atoms with van der Waals surface area (Å²) >= 11 is 3.62. The Bertz CT molecular complexity index is 270. The highest BCUT2D eigenvalue weighted by Gasteiger charge is 2.36. The normalized spacial score (nSPS) is 33.8. The summed E-state index contributed by atoms with van der Waals surface area (Å²) in [6, 6.07) is 4.16. The highest BCUT2D eigenvalue weighted by Crippen LogP contribution is 2.36. The van der Waals surface area contributed by atoms with E-state index in [1.165, 1.54) is 4.88 Å². The van der Waals surface area contributed by atoms with Crippen molar-refractivity contribution in [2.24, 2.45) is 0 Å². The summed E-state index contributed by atoms with van der Waals surface area (Å²) in [7, 11) is 0. The number of hydrogen-bond acceptors (Lipinski definition) is 3. The largest absolute Gasteiger partial charge is 0.389 e. The molecule has 13 heavy (non-hydrogen) atoms. The van der Waals surface area contributed by atoms with E-state index >= 15 is 0 Å². The van der Waals surface area contributed by atoms with Crippen LogP contribution in [0.2, 0.25) is 0 Å². The standard InChI is InChI=1S/C10H14OS2/c1-8-5-10(11,7-13-8)6-9-3-2-4-12-9/h2-4,8,11H,5-7H2,1H3. The Morgan fingerprint density at radius 2 is 2.54 bits per heavy atom. The molecule has 1 aliphatic rings. The Morgan fingerprint density at radius 1 is 1.69 bits per heavy atom. The molecule has 0 bridgehead atoms. The maximum absolute atomic E-state index is 10.2. The number of rotatable bonds is 2. The molecule has 1 aliphatic heterocycles. The fraction of sp³-hybridized carbons (Fsp3) is 0.600. The quantitative estimate of drug-likeness (QED) is 0.816. The third-order valence-electron chi connectivity index (χ3n) is 2.39. The lowest BCUT2D eigenvalue weighted by molar-refractivity contribution is 0.0651. The Morgan fingerprint density at radius 3 is 3.08 bits per heavy atom. The van der Waals surface area contributed by atoms with Gasteiger partial charge in [0.25, 0.3) is 0 Å². The second-order valence-corrected chi connectivity index (χ2v) is 6.27. The minimum Gasteiger partial charge on any atom is -0.389 e. The van der Waals surface area contributed by atoms with Gasteiger partial charge >= 0.3 is 0 Å². The minimum atomic E-state index is -0.436. The van der Waals surface area contributed by atoms with Gasteiger partial charge in [-0.1, -0.05) is 13.0 Å². The highest BCUT2D eigenvalue weighted by molar-refractivity contribution is 8.00. The van der Waals surface area contributed by atoms with Crippen LogP contribution in [0.4, 0.5) is 0 Å². The maximum Gasteiger partial charge on any atom is 0.0796 e. The van der Waals surface area contributed by atoms with E-state index in [-0.39, 0.29) is 0 Å². The topological polar surface area (TPSA) is 20.2 Å². The van der Waals surface area contributed by atoms with Gasteiger partial charge in [-0.2, -0.15) is 11.8 Å². The lowest BCUT2D eigenvalue weighted by Gasteiger charge is -2.20. The molecule has 1 aromatic rings.